The second-order valence-corrected chi connectivity index (χ2v) is 14.3. The Balaban J connectivity index is 1.05. The van der Waals surface area contributed by atoms with Crippen molar-refractivity contribution in [1.82, 2.24) is 19.1 Å². The van der Waals surface area contributed by atoms with Crippen molar-refractivity contribution in [1.29, 1.82) is 0 Å². The van der Waals surface area contributed by atoms with Crippen molar-refractivity contribution in [3.05, 3.63) is 206 Å². The van der Waals surface area contributed by atoms with Gasteiger partial charge in [0.05, 0.1) is 27.9 Å². The van der Waals surface area contributed by atoms with E-state index in [4.69, 9.17) is 9.97 Å². The first kappa shape index (κ1) is 31.9. The topological polar surface area (TPSA) is 35.6 Å². The lowest BCUT2D eigenvalue weighted by Gasteiger charge is -2.13. The molecule has 0 bridgehead atoms. The molecule has 56 heavy (non-hydrogen) atoms. The molecule has 0 atom stereocenters. The van der Waals surface area contributed by atoms with Crippen LogP contribution in [-0.4, -0.2) is 19.1 Å². The van der Waals surface area contributed by atoms with Crippen LogP contribution in [0.15, 0.2) is 206 Å². The largest absolute Gasteiger partial charge is 0.309 e. The van der Waals surface area contributed by atoms with Gasteiger partial charge in [0.15, 0.2) is 0 Å². The van der Waals surface area contributed by atoms with Crippen LogP contribution >= 0.6 is 0 Å². The zero-order valence-electron chi connectivity index (χ0n) is 30.4. The highest BCUT2D eigenvalue weighted by atomic mass is 15.0. The summed E-state index contributed by atoms with van der Waals surface area (Å²) in [6, 6.07) is 71.0. The van der Waals surface area contributed by atoms with E-state index in [0.29, 0.717) is 0 Å². The lowest BCUT2D eigenvalue weighted by atomic mass is 9.99. The molecule has 0 saturated heterocycles. The SMILES string of the molecule is c1ccc(-c2cc(-c3cccc(-n4c5ccccc5c5cc(-c6ccc7c(c6)c6ccccc6n7-c6ccccc6)cnc54)c3)cc(-c3ccccc3)n2)cc1. The van der Waals surface area contributed by atoms with Gasteiger partial charge in [-0.2, -0.15) is 0 Å². The molecular weight excluding hydrogens is 681 g/mol. The van der Waals surface area contributed by atoms with E-state index in [9.17, 15) is 0 Å². The van der Waals surface area contributed by atoms with Crippen LogP contribution in [0.4, 0.5) is 0 Å². The Kier molecular flexibility index (Phi) is 7.46. The summed E-state index contributed by atoms with van der Waals surface area (Å²) in [4.78, 5) is 10.3. The highest BCUT2D eigenvalue weighted by Gasteiger charge is 2.18. The van der Waals surface area contributed by atoms with E-state index in [1.165, 1.54) is 27.2 Å². The fourth-order valence-electron chi connectivity index (χ4n) is 8.31. The highest BCUT2D eigenvalue weighted by Crippen LogP contribution is 2.38. The smallest absolute Gasteiger partial charge is 0.145 e. The van der Waals surface area contributed by atoms with Gasteiger partial charge >= 0.3 is 0 Å². The molecule has 0 saturated carbocycles. The Morgan fingerprint density at radius 2 is 0.821 bits per heavy atom. The first-order valence-electron chi connectivity index (χ1n) is 19.0. The summed E-state index contributed by atoms with van der Waals surface area (Å²) in [6.07, 6.45) is 2.03. The van der Waals surface area contributed by atoms with E-state index in [1.54, 1.807) is 0 Å². The summed E-state index contributed by atoms with van der Waals surface area (Å²) >= 11 is 0. The lowest BCUT2D eigenvalue weighted by Crippen LogP contribution is -1.97. The molecule has 0 radical (unpaired) electrons. The average Bonchev–Trinajstić information content (AvgIpc) is 3.79. The lowest BCUT2D eigenvalue weighted by molar-refractivity contribution is 1.14. The summed E-state index contributed by atoms with van der Waals surface area (Å²) in [5, 5.41) is 4.76. The summed E-state index contributed by atoms with van der Waals surface area (Å²) in [6.45, 7) is 0. The third-order valence-corrected chi connectivity index (χ3v) is 10.9. The van der Waals surface area contributed by atoms with Crippen LogP contribution in [-0.2, 0) is 0 Å². The number of hydrogen-bond acceptors (Lipinski definition) is 2. The van der Waals surface area contributed by atoms with Crippen LogP contribution in [0.2, 0.25) is 0 Å². The van der Waals surface area contributed by atoms with Crippen molar-refractivity contribution >= 4 is 43.7 Å². The predicted octanol–water partition coefficient (Wildman–Crippen LogP) is 13.3. The van der Waals surface area contributed by atoms with Gasteiger partial charge < -0.3 is 4.57 Å². The molecule has 11 rings (SSSR count). The summed E-state index contributed by atoms with van der Waals surface area (Å²) < 4.78 is 4.65. The maximum Gasteiger partial charge on any atom is 0.145 e. The quantitative estimate of drug-likeness (QED) is 0.172. The van der Waals surface area contributed by atoms with E-state index in [-0.39, 0.29) is 0 Å². The highest BCUT2D eigenvalue weighted by molar-refractivity contribution is 6.12. The molecule has 4 aromatic heterocycles. The number of nitrogens with zero attached hydrogens (tertiary/aromatic N) is 4. The van der Waals surface area contributed by atoms with Crippen LogP contribution in [0.3, 0.4) is 0 Å². The summed E-state index contributed by atoms with van der Waals surface area (Å²) in [5.74, 6) is 0. The molecule has 0 aliphatic heterocycles. The number of rotatable bonds is 6. The molecule has 0 spiro atoms. The van der Waals surface area contributed by atoms with E-state index in [0.717, 1.165) is 72.7 Å². The normalized spacial score (nSPS) is 11.6. The molecule has 0 fully saturated rings. The zero-order chi connectivity index (χ0) is 37.0. The summed E-state index contributed by atoms with van der Waals surface area (Å²) in [7, 11) is 0. The van der Waals surface area contributed by atoms with Gasteiger partial charge in [-0.3, -0.25) is 4.57 Å². The fraction of sp³-hybridized carbons (Fsp3) is 0. The van der Waals surface area contributed by atoms with Gasteiger partial charge in [-0.05, 0) is 83.4 Å². The third-order valence-electron chi connectivity index (χ3n) is 10.9. The molecule has 262 valence electrons. The van der Waals surface area contributed by atoms with E-state index in [1.807, 2.05) is 18.3 Å². The van der Waals surface area contributed by atoms with Gasteiger partial charge in [-0.1, -0.05) is 133 Å². The minimum Gasteiger partial charge on any atom is -0.309 e. The minimum atomic E-state index is 0.929. The van der Waals surface area contributed by atoms with Crippen LogP contribution in [0.25, 0.3) is 99.9 Å². The number of aromatic nitrogens is 4. The van der Waals surface area contributed by atoms with Crippen molar-refractivity contribution in [2.45, 2.75) is 0 Å². The maximum absolute atomic E-state index is 5.22. The first-order chi connectivity index (χ1) is 27.8. The molecule has 4 heteroatoms. The maximum atomic E-state index is 5.22. The number of pyridine rings is 2. The van der Waals surface area contributed by atoms with Gasteiger partial charge in [-0.25, -0.2) is 9.97 Å². The Labute approximate surface area is 324 Å². The second kappa shape index (κ2) is 13.1. The predicted molar refractivity (Wildman–Crippen MR) is 232 cm³/mol. The van der Waals surface area contributed by atoms with Crippen molar-refractivity contribution in [2.75, 3.05) is 0 Å². The van der Waals surface area contributed by atoms with E-state index >= 15 is 0 Å². The molecule has 0 unspecified atom stereocenters. The summed E-state index contributed by atoms with van der Waals surface area (Å²) in [5.41, 5.74) is 15.2. The monoisotopic (exact) mass is 714 g/mol. The van der Waals surface area contributed by atoms with Crippen molar-refractivity contribution < 1.29 is 0 Å². The van der Waals surface area contributed by atoms with Crippen molar-refractivity contribution in [3.8, 4) is 56.1 Å². The van der Waals surface area contributed by atoms with Gasteiger partial charge in [0, 0.05) is 55.8 Å². The van der Waals surface area contributed by atoms with Crippen molar-refractivity contribution in [2.24, 2.45) is 0 Å². The number of para-hydroxylation sites is 3. The Morgan fingerprint density at radius 1 is 0.304 bits per heavy atom. The molecule has 0 aliphatic rings. The van der Waals surface area contributed by atoms with Crippen LogP contribution in [0, 0.1) is 0 Å². The minimum absolute atomic E-state index is 0.929. The first-order valence-corrected chi connectivity index (χ1v) is 19.0. The standard InChI is InChI=1S/C52H34N4/c1-4-15-35(16-5-1)47-32-39(33-48(54-47)36-17-6-2-7-18-36)37-19-14-22-42(29-37)56-50-26-13-11-24-44(50)46-31-40(34-53-52(46)56)38-27-28-51-45(30-38)43-23-10-12-25-49(43)55(51)41-20-8-3-9-21-41/h1-34H. The molecule has 4 heterocycles. The van der Waals surface area contributed by atoms with E-state index < -0.39 is 0 Å². The van der Waals surface area contributed by atoms with Crippen LogP contribution in [0.1, 0.15) is 0 Å². The Morgan fingerprint density at radius 3 is 1.52 bits per heavy atom. The number of benzene rings is 7. The molecule has 7 aromatic carbocycles. The second-order valence-electron chi connectivity index (χ2n) is 14.3. The Bertz CT molecular complexity index is 3170. The van der Waals surface area contributed by atoms with Gasteiger partial charge in [0.2, 0.25) is 0 Å². The number of hydrogen-bond donors (Lipinski definition) is 0. The molecular formula is C52H34N4. The molecule has 0 N–H and O–H groups in total. The average molecular weight is 715 g/mol. The van der Waals surface area contributed by atoms with Crippen molar-refractivity contribution in [3.63, 3.8) is 0 Å². The third kappa shape index (κ3) is 5.31. The molecule has 0 amide bonds. The van der Waals surface area contributed by atoms with E-state index in [2.05, 4.69) is 197 Å². The Hall–Kier alpha value is -7.56. The fourth-order valence-corrected chi connectivity index (χ4v) is 8.31. The molecule has 0 aliphatic carbocycles. The van der Waals surface area contributed by atoms with Crippen LogP contribution < -0.4 is 0 Å². The van der Waals surface area contributed by atoms with Gasteiger partial charge in [-0.15, -0.1) is 0 Å². The molecule has 11 aromatic rings. The van der Waals surface area contributed by atoms with Crippen LogP contribution in [0.5, 0.6) is 0 Å². The van der Waals surface area contributed by atoms with Gasteiger partial charge in [0.25, 0.3) is 0 Å². The molecule has 4 nitrogen and oxygen atoms in total. The zero-order valence-corrected chi connectivity index (χ0v) is 30.4. The van der Waals surface area contributed by atoms with Gasteiger partial charge in [0.1, 0.15) is 5.65 Å². The number of fused-ring (bicyclic) bond motifs is 6.